The first-order valence-corrected chi connectivity index (χ1v) is 10.3. The van der Waals surface area contributed by atoms with Gasteiger partial charge in [0.15, 0.2) is 5.15 Å². The monoisotopic (exact) mass is 431 g/mol. The maximum Gasteiger partial charge on any atom is 0.254 e. The average Bonchev–Trinajstić information content (AvgIpc) is 2.66. The van der Waals surface area contributed by atoms with E-state index >= 15 is 0 Å². The van der Waals surface area contributed by atoms with Crippen molar-refractivity contribution in [2.45, 2.75) is 30.2 Å². The summed E-state index contributed by atoms with van der Waals surface area (Å²) in [7, 11) is 0. The van der Waals surface area contributed by atoms with Crippen molar-refractivity contribution in [1.82, 2.24) is 15.5 Å². The van der Waals surface area contributed by atoms with Gasteiger partial charge in [0.05, 0.1) is 5.56 Å². The van der Waals surface area contributed by atoms with Crippen LogP contribution in [0.5, 0.6) is 0 Å². The third-order valence-electron chi connectivity index (χ3n) is 4.18. The van der Waals surface area contributed by atoms with Crippen LogP contribution in [-0.4, -0.2) is 22.6 Å². The number of nitrogens with zero attached hydrogens (tertiary/aromatic N) is 2. The third kappa shape index (κ3) is 5.47. The summed E-state index contributed by atoms with van der Waals surface area (Å²) in [6.07, 6.45) is 0.754. The smallest absolute Gasteiger partial charge is 0.254 e. The fourth-order valence-electron chi connectivity index (χ4n) is 2.74. The van der Waals surface area contributed by atoms with E-state index in [4.69, 9.17) is 23.2 Å². The molecular weight excluding hydrogens is 413 g/mol. The van der Waals surface area contributed by atoms with E-state index in [1.807, 2.05) is 12.1 Å². The molecule has 4 nitrogen and oxygen atoms in total. The Labute approximate surface area is 178 Å². The zero-order valence-corrected chi connectivity index (χ0v) is 17.8. The van der Waals surface area contributed by atoms with Crippen LogP contribution in [-0.2, 0) is 6.42 Å². The Bertz CT molecular complexity index is 993. The van der Waals surface area contributed by atoms with Crippen molar-refractivity contribution in [3.63, 3.8) is 0 Å². The molecule has 3 rings (SSSR count). The highest BCUT2D eigenvalue weighted by molar-refractivity contribution is 7.99. The van der Waals surface area contributed by atoms with Crippen LogP contribution in [0.25, 0.3) is 0 Å². The Hall–Kier alpha value is -2.08. The first kappa shape index (κ1) is 20.6. The number of hydrogen-bond acceptors (Lipinski definition) is 4. The van der Waals surface area contributed by atoms with Crippen molar-refractivity contribution in [1.29, 1.82) is 0 Å². The summed E-state index contributed by atoms with van der Waals surface area (Å²) < 4.78 is 0. The molecule has 28 heavy (non-hydrogen) atoms. The van der Waals surface area contributed by atoms with Crippen molar-refractivity contribution in [3.05, 3.63) is 81.0 Å². The number of aromatic nitrogens is 2. The van der Waals surface area contributed by atoms with E-state index in [2.05, 4.69) is 47.6 Å². The number of halogens is 2. The van der Waals surface area contributed by atoms with Crippen LogP contribution < -0.4 is 5.32 Å². The number of hydrogen-bond donors (Lipinski definition) is 1. The Kier molecular flexibility index (Phi) is 6.94. The quantitative estimate of drug-likeness (QED) is 0.557. The lowest BCUT2D eigenvalue weighted by molar-refractivity contribution is 0.0950. The topological polar surface area (TPSA) is 54.9 Å². The van der Waals surface area contributed by atoms with Gasteiger partial charge in [0.25, 0.3) is 5.91 Å². The van der Waals surface area contributed by atoms with Crippen molar-refractivity contribution >= 4 is 40.9 Å². The van der Waals surface area contributed by atoms with Gasteiger partial charge >= 0.3 is 0 Å². The predicted octanol–water partition coefficient (Wildman–Crippen LogP) is 5.52. The summed E-state index contributed by atoms with van der Waals surface area (Å²) in [5.74, 6) is -0.224. The van der Waals surface area contributed by atoms with E-state index in [1.54, 1.807) is 18.2 Å². The first-order chi connectivity index (χ1) is 13.4. The van der Waals surface area contributed by atoms with Gasteiger partial charge in [-0.1, -0.05) is 58.7 Å². The summed E-state index contributed by atoms with van der Waals surface area (Å²) in [6, 6.07) is 15.2. The standard InChI is InChI=1S/C21H19Cl2N3OS/c1-13-3-4-15(14(2)11-13)9-10-24-20(27)18-12-19(23)25-26-21(18)28-17-7-5-16(22)6-8-17/h3-8,11-12H,9-10H2,1-2H3,(H,24,27). The van der Waals surface area contributed by atoms with Gasteiger partial charge in [-0.25, -0.2) is 0 Å². The van der Waals surface area contributed by atoms with Gasteiger partial charge in [-0.05, 0) is 61.7 Å². The molecule has 1 N–H and O–H groups in total. The van der Waals surface area contributed by atoms with E-state index in [-0.39, 0.29) is 11.1 Å². The van der Waals surface area contributed by atoms with E-state index < -0.39 is 0 Å². The molecule has 3 aromatic rings. The summed E-state index contributed by atoms with van der Waals surface area (Å²) >= 11 is 13.2. The number of rotatable bonds is 6. The molecule has 0 aliphatic carbocycles. The average molecular weight is 432 g/mol. The lowest BCUT2D eigenvalue weighted by atomic mass is 10.0. The number of aryl methyl sites for hydroxylation is 2. The van der Waals surface area contributed by atoms with Crippen molar-refractivity contribution in [2.75, 3.05) is 6.54 Å². The Balaban J connectivity index is 1.70. The fourth-order valence-corrected chi connectivity index (χ4v) is 3.85. The van der Waals surface area contributed by atoms with Gasteiger partial charge in [-0.2, -0.15) is 0 Å². The van der Waals surface area contributed by atoms with Gasteiger partial charge in [0.1, 0.15) is 5.03 Å². The molecule has 0 aliphatic heterocycles. The molecule has 0 spiro atoms. The number of carbonyl (C=O) groups is 1. The fraction of sp³-hybridized carbons (Fsp3) is 0.190. The molecule has 0 fully saturated rings. The molecule has 1 amide bonds. The molecule has 0 saturated carbocycles. The number of carbonyl (C=O) groups excluding carboxylic acids is 1. The third-order valence-corrected chi connectivity index (χ3v) is 5.62. The van der Waals surface area contributed by atoms with E-state index in [1.165, 1.54) is 28.5 Å². The van der Waals surface area contributed by atoms with Gasteiger partial charge in [0, 0.05) is 16.5 Å². The maximum atomic E-state index is 12.7. The van der Waals surface area contributed by atoms with Gasteiger partial charge < -0.3 is 5.32 Å². The molecule has 144 valence electrons. The van der Waals surface area contributed by atoms with Crippen molar-refractivity contribution in [3.8, 4) is 0 Å². The highest BCUT2D eigenvalue weighted by atomic mass is 35.5. The lowest BCUT2D eigenvalue weighted by Gasteiger charge is -2.10. The molecule has 0 bridgehead atoms. The molecule has 1 heterocycles. The maximum absolute atomic E-state index is 12.7. The SMILES string of the molecule is Cc1ccc(CCNC(=O)c2cc(Cl)nnc2Sc2ccc(Cl)cc2)c(C)c1. The van der Waals surface area contributed by atoms with Crippen molar-refractivity contribution in [2.24, 2.45) is 0 Å². The zero-order valence-electron chi connectivity index (χ0n) is 15.5. The number of benzene rings is 2. The molecule has 0 unspecified atom stereocenters. The zero-order chi connectivity index (χ0) is 20.1. The van der Waals surface area contributed by atoms with Gasteiger partial charge in [0.2, 0.25) is 0 Å². The second kappa shape index (κ2) is 9.41. The van der Waals surface area contributed by atoms with Crippen LogP contribution in [0.1, 0.15) is 27.0 Å². The van der Waals surface area contributed by atoms with Crippen LogP contribution in [0.4, 0.5) is 0 Å². The summed E-state index contributed by atoms with van der Waals surface area (Å²) in [6.45, 7) is 4.67. The molecule has 7 heteroatoms. The van der Waals surface area contributed by atoms with Gasteiger partial charge in [-0.3, -0.25) is 4.79 Å². The molecule has 0 saturated heterocycles. The minimum atomic E-state index is -0.224. The predicted molar refractivity (Wildman–Crippen MR) is 115 cm³/mol. The van der Waals surface area contributed by atoms with Gasteiger partial charge in [-0.15, -0.1) is 10.2 Å². The second-order valence-electron chi connectivity index (χ2n) is 6.38. The highest BCUT2D eigenvalue weighted by Crippen LogP contribution is 2.30. The highest BCUT2D eigenvalue weighted by Gasteiger charge is 2.16. The number of nitrogens with one attached hydrogen (secondary N) is 1. The summed E-state index contributed by atoms with van der Waals surface area (Å²) in [4.78, 5) is 13.6. The summed E-state index contributed by atoms with van der Waals surface area (Å²) in [5.41, 5.74) is 4.07. The van der Waals surface area contributed by atoms with E-state index in [0.717, 1.165) is 11.3 Å². The van der Waals surface area contributed by atoms with E-state index in [9.17, 15) is 4.79 Å². The van der Waals surface area contributed by atoms with Crippen LogP contribution in [0.15, 0.2) is 58.5 Å². The molecular formula is C21H19Cl2N3OS. The van der Waals surface area contributed by atoms with Crippen LogP contribution in [0.3, 0.4) is 0 Å². The Morgan fingerprint density at radius 3 is 2.50 bits per heavy atom. The minimum absolute atomic E-state index is 0.181. The molecule has 2 aromatic carbocycles. The molecule has 1 aromatic heterocycles. The lowest BCUT2D eigenvalue weighted by Crippen LogP contribution is -2.26. The normalized spacial score (nSPS) is 10.7. The number of amides is 1. The van der Waals surface area contributed by atoms with Crippen LogP contribution in [0.2, 0.25) is 10.2 Å². The van der Waals surface area contributed by atoms with Crippen LogP contribution in [0, 0.1) is 13.8 Å². The Morgan fingerprint density at radius 2 is 1.79 bits per heavy atom. The summed E-state index contributed by atoms with van der Waals surface area (Å²) in [5, 5.41) is 12.2. The molecule has 0 atom stereocenters. The largest absolute Gasteiger partial charge is 0.352 e. The Morgan fingerprint density at radius 1 is 1.04 bits per heavy atom. The molecule has 0 radical (unpaired) electrons. The second-order valence-corrected chi connectivity index (χ2v) is 8.26. The minimum Gasteiger partial charge on any atom is -0.352 e. The van der Waals surface area contributed by atoms with E-state index in [0.29, 0.717) is 22.2 Å². The molecule has 0 aliphatic rings. The first-order valence-electron chi connectivity index (χ1n) is 8.73. The van der Waals surface area contributed by atoms with Crippen LogP contribution >= 0.6 is 35.0 Å². The van der Waals surface area contributed by atoms with Crippen molar-refractivity contribution < 1.29 is 4.79 Å².